The maximum atomic E-state index is 12.4. The zero-order valence-electron chi connectivity index (χ0n) is 11.8. The van der Waals surface area contributed by atoms with Crippen molar-refractivity contribution in [2.75, 3.05) is 5.32 Å². The fraction of sp³-hybridized carbons (Fsp3) is 0.0625. The Balaban J connectivity index is 1.83. The molecule has 0 atom stereocenters. The third-order valence-corrected chi connectivity index (χ3v) is 4.62. The first kappa shape index (κ1) is 14.7. The van der Waals surface area contributed by atoms with Gasteiger partial charge in [0.25, 0.3) is 5.91 Å². The Bertz CT molecular complexity index is 770. The van der Waals surface area contributed by atoms with Gasteiger partial charge in [0, 0.05) is 22.7 Å². The molecule has 3 rings (SSSR count). The third-order valence-electron chi connectivity index (χ3n) is 2.90. The summed E-state index contributed by atoms with van der Waals surface area (Å²) in [6, 6.07) is 11.7. The lowest BCUT2D eigenvalue weighted by Crippen LogP contribution is -2.13. The molecule has 2 aromatic heterocycles. The molecular weight excluding hydrogens is 314 g/mol. The van der Waals surface area contributed by atoms with Crippen LogP contribution < -0.4 is 5.32 Å². The summed E-state index contributed by atoms with van der Waals surface area (Å²) in [7, 11) is 0. The number of carbonyl (C=O) groups excluding carboxylic acids is 1. The van der Waals surface area contributed by atoms with Crippen LogP contribution in [-0.2, 0) is 0 Å². The minimum Gasteiger partial charge on any atom is -0.298 e. The molecule has 0 radical (unpaired) electrons. The van der Waals surface area contributed by atoms with Crippen molar-refractivity contribution >= 4 is 34.1 Å². The number of amides is 1. The maximum absolute atomic E-state index is 12.4. The number of benzene rings is 1. The number of anilines is 1. The van der Waals surface area contributed by atoms with Crippen molar-refractivity contribution in [2.24, 2.45) is 0 Å². The van der Waals surface area contributed by atoms with Gasteiger partial charge in [0.1, 0.15) is 5.03 Å². The Kier molecular flexibility index (Phi) is 4.50. The average molecular weight is 327 g/mol. The van der Waals surface area contributed by atoms with E-state index in [0.717, 1.165) is 4.90 Å². The van der Waals surface area contributed by atoms with E-state index in [-0.39, 0.29) is 5.91 Å². The van der Waals surface area contributed by atoms with Crippen LogP contribution in [0.2, 0.25) is 0 Å². The summed E-state index contributed by atoms with van der Waals surface area (Å²) >= 11 is 2.86. The zero-order chi connectivity index (χ0) is 15.4. The van der Waals surface area contributed by atoms with Gasteiger partial charge in [-0.3, -0.25) is 10.1 Å². The molecule has 0 aliphatic rings. The van der Waals surface area contributed by atoms with Crippen molar-refractivity contribution in [1.82, 2.24) is 9.97 Å². The van der Waals surface area contributed by atoms with Crippen LogP contribution in [-0.4, -0.2) is 15.9 Å². The van der Waals surface area contributed by atoms with E-state index in [4.69, 9.17) is 0 Å². The fourth-order valence-electron chi connectivity index (χ4n) is 1.81. The summed E-state index contributed by atoms with van der Waals surface area (Å²) in [4.78, 5) is 21.8. The van der Waals surface area contributed by atoms with Gasteiger partial charge in [-0.1, -0.05) is 29.5 Å². The molecular formula is C16H13N3OS2. The molecule has 2 heterocycles. The second kappa shape index (κ2) is 6.72. The molecule has 4 nitrogen and oxygen atoms in total. The summed E-state index contributed by atoms with van der Waals surface area (Å²) in [6.45, 7) is 2.04. The molecule has 1 aromatic carbocycles. The van der Waals surface area contributed by atoms with Gasteiger partial charge in [-0.15, -0.1) is 11.3 Å². The van der Waals surface area contributed by atoms with E-state index in [0.29, 0.717) is 15.7 Å². The minimum atomic E-state index is -0.197. The number of hydrogen-bond acceptors (Lipinski definition) is 5. The number of thiazole rings is 1. The van der Waals surface area contributed by atoms with E-state index in [1.54, 1.807) is 24.5 Å². The number of nitrogens with zero attached hydrogens (tertiary/aromatic N) is 2. The number of carbonyl (C=O) groups is 1. The fourth-order valence-corrected chi connectivity index (χ4v) is 3.22. The number of pyridine rings is 1. The number of hydrogen-bond donors (Lipinski definition) is 1. The molecule has 1 N–H and O–H groups in total. The van der Waals surface area contributed by atoms with Crippen LogP contribution in [0.1, 0.15) is 15.9 Å². The van der Waals surface area contributed by atoms with Crippen LogP contribution >= 0.6 is 23.1 Å². The number of rotatable bonds is 4. The first-order chi connectivity index (χ1) is 10.7. The van der Waals surface area contributed by atoms with Crippen LogP contribution in [0.25, 0.3) is 0 Å². The molecule has 3 aromatic rings. The van der Waals surface area contributed by atoms with Crippen LogP contribution in [0.5, 0.6) is 0 Å². The van der Waals surface area contributed by atoms with Gasteiger partial charge >= 0.3 is 0 Å². The average Bonchev–Trinajstić information content (AvgIpc) is 3.03. The molecule has 0 fully saturated rings. The number of aromatic nitrogens is 2. The van der Waals surface area contributed by atoms with Crippen molar-refractivity contribution in [3.63, 3.8) is 0 Å². The van der Waals surface area contributed by atoms with Crippen LogP contribution in [0.3, 0.4) is 0 Å². The minimum absolute atomic E-state index is 0.197. The Morgan fingerprint density at radius 1 is 1.14 bits per heavy atom. The standard InChI is InChI=1S/C16H13N3OS2/c1-11-4-6-12(7-5-11)22-15-13(3-2-8-17-15)14(20)19-16-18-9-10-21-16/h2-10H,1H3,(H,18,19,20). The predicted octanol–water partition coefficient (Wildman–Crippen LogP) is 4.25. The SMILES string of the molecule is Cc1ccc(Sc2ncccc2C(=O)Nc2nccs2)cc1. The van der Waals surface area contributed by atoms with Crippen molar-refractivity contribution in [2.45, 2.75) is 16.8 Å². The zero-order valence-corrected chi connectivity index (χ0v) is 13.4. The van der Waals surface area contributed by atoms with Gasteiger partial charge in [-0.05, 0) is 31.2 Å². The molecule has 0 saturated carbocycles. The predicted molar refractivity (Wildman–Crippen MR) is 89.6 cm³/mol. The van der Waals surface area contributed by atoms with Crippen molar-refractivity contribution in [1.29, 1.82) is 0 Å². The van der Waals surface area contributed by atoms with E-state index < -0.39 is 0 Å². The van der Waals surface area contributed by atoms with Gasteiger partial charge in [-0.2, -0.15) is 0 Å². The first-order valence-electron chi connectivity index (χ1n) is 6.63. The highest BCUT2D eigenvalue weighted by molar-refractivity contribution is 7.99. The molecule has 1 amide bonds. The maximum Gasteiger partial charge on any atom is 0.260 e. The van der Waals surface area contributed by atoms with Crippen molar-refractivity contribution < 1.29 is 4.79 Å². The highest BCUT2D eigenvalue weighted by atomic mass is 32.2. The molecule has 22 heavy (non-hydrogen) atoms. The lowest BCUT2D eigenvalue weighted by Gasteiger charge is -2.07. The van der Waals surface area contributed by atoms with Crippen molar-refractivity contribution in [3.05, 3.63) is 65.3 Å². The van der Waals surface area contributed by atoms with Gasteiger partial charge in [0.2, 0.25) is 0 Å². The highest BCUT2D eigenvalue weighted by Crippen LogP contribution is 2.29. The normalized spacial score (nSPS) is 10.4. The van der Waals surface area contributed by atoms with Crippen molar-refractivity contribution in [3.8, 4) is 0 Å². The molecule has 0 spiro atoms. The molecule has 110 valence electrons. The van der Waals surface area contributed by atoms with E-state index >= 15 is 0 Å². The summed E-state index contributed by atoms with van der Waals surface area (Å²) in [6.07, 6.45) is 3.35. The molecule has 0 unspecified atom stereocenters. The van der Waals surface area contributed by atoms with Crippen LogP contribution in [0, 0.1) is 6.92 Å². The van der Waals surface area contributed by atoms with Crippen LogP contribution in [0.15, 0.2) is 64.1 Å². The summed E-state index contributed by atoms with van der Waals surface area (Å²) < 4.78 is 0. The molecule has 0 aliphatic heterocycles. The molecule has 6 heteroatoms. The second-order valence-corrected chi connectivity index (χ2v) is 6.52. The summed E-state index contributed by atoms with van der Waals surface area (Å²) in [5.74, 6) is -0.197. The van der Waals surface area contributed by atoms with Gasteiger partial charge in [-0.25, -0.2) is 9.97 Å². The Hall–Kier alpha value is -2.18. The Morgan fingerprint density at radius 3 is 2.68 bits per heavy atom. The quantitative estimate of drug-likeness (QED) is 0.778. The first-order valence-corrected chi connectivity index (χ1v) is 8.32. The number of aryl methyl sites for hydroxylation is 1. The van der Waals surface area contributed by atoms with Crippen LogP contribution in [0.4, 0.5) is 5.13 Å². The van der Waals surface area contributed by atoms with Gasteiger partial charge in [0.15, 0.2) is 5.13 Å². The summed E-state index contributed by atoms with van der Waals surface area (Å²) in [5, 5.41) is 5.87. The monoisotopic (exact) mass is 327 g/mol. The topological polar surface area (TPSA) is 54.9 Å². The smallest absolute Gasteiger partial charge is 0.260 e. The largest absolute Gasteiger partial charge is 0.298 e. The van der Waals surface area contributed by atoms with Gasteiger partial charge < -0.3 is 0 Å². The third kappa shape index (κ3) is 3.52. The second-order valence-electron chi connectivity index (χ2n) is 4.56. The summed E-state index contributed by atoms with van der Waals surface area (Å²) in [5.41, 5.74) is 1.75. The molecule has 0 aliphatic carbocycles. The Morgan fingerprint density at radius 2 is 1.95 bits per heavy atom. The lowest BCUT2D eigenvalue weighted by atomic mass is 10.2. The lowest BCUT2D eigenvalue weighted by molar-refractivity contribution is 0.102. The Labute approximate surface area is 136 Å². The highest BCUT2D eigenvalue weighted by Gasteiger charge is 2.14. The molecule has 0 saturated heterocycles. The van der Waals surface area contributed by atoms with E-state index in [2.05, 4.69) is 15.3 Å². The van der Waals surface area contributed by atoms with E-state index in [1.807, 2.05) is 36.6 Å². The van der Waals surface area contributed by atoms with E-state index in [1.165, 1.54) is 28.7 Å². The van der Waals surface area contributed by atoms with Gasteiger partial charge in [0.05, 0.1) is 5.56 Å². The number of nitrogens with one attached hydrogen (secondary N) is 1. The van der Waals surface area contributed by atoms with E-state index in [9.17, 15) is 4.79 Å². The molecule has 0 bridgehead atoms.